The summed E-state index contributed by atoms with van der Waals surface area (Å²) in [6.45, 7) is 16.4. The molecule has 0 unspecified atom stereocenters. The van der Waals surface area contributed by atoms with Crippen LogP contribution in [0.3, 0.4) is 0 Å². The minimum absolute atomic E-state index is 0.337. The molecule has 0 aromatic heterocycles. The van der Waals surface area contributed by atoms with Gasteiger partial charge in [0.2, 0.25) is 5.79 Å². The molecule has 0 saturated carbocycles. The Bertz CT molecular complexity index is 246. The highest BCUT2D eigenvalue weighted by Gasteiger charge is 2.37. The number of rotatable bonds is 12. The first-order chi connectivity index (χ1) is 9.66. The molecule has 0 aromatic rings. The van der Waals surface area contributed by atoms with Gasteiger partial charge >= 0.3 is 0 Å². The molecule has 0 aliphatic carbocycles. The van der Waals surface area contributed by atoms with E-state index in [1.54, 1.807) is 0 Å². The Morgan fingerprint density at radius 3 is 1.14 bits per heavy atom. The molecule has 0 radical (unpaired) electrons. The molecule has 0 spiro atoms. The van der Waals surface area contributed by atoms with Crippen LogP contribution in [0.1, 0.15) is 93.9 Å². The van der Waals surface area contributed by atoms with Gasteiger partial charge < -0.3 is 0 Å². The van der Waals surface area contributed by atoms with Crippen LogP contribution in [-0.2, 0) is 19.6 Å². The first-order valence-corrected chi connectivity index (χ1v) is 8.39. The molecule has 0 amide bonds. The van der Waals surface area contributed by atoms with Crippen LogP contribution in [0.25, 0.3) is 0 Å². The summed E-state index contributed by atoms with van der Waals surface area (Å²) in [4.78, 5) is 22.8. The molecule has 0 bridgehead atoms. The van der Waals surface area contributed by atoms with E-state index in [1.165, 1.54) is 0 Å². The van der Waals surface area contributed by atoms with Crippen LogP contribution < -0.4 is 0 Å². The summed E-state index contributed by atoms with van der Waals surface area (Å²) in [6.07, 6.45) is 5.07. The van der Waals surface area contributed by atoms with Crippen LogP contribution in [0.2, 0.25) is 0 Å². The molecule has 0 fully saturated rings. The lowest BCUT2D eigenvalue weighted by Crippen LogP contribution is -2.42. The van der Waals surface area contributed by atoms with Crippen molar-refractivity contribution in [3.05, 3.63) is 0 Å². The second-order valence-electron chi connectivity index (χ2n) is 6.97. The fourth-order valence-corrected chi connectivity index (χ4v) is 1.56. The quantitative estimate of drug-likeness (QED) is 0.269. The first kappa shape index (κ1) is 20.8. The second kappa shape index (κ2) is 9.09. The SMILES string of the molecule is CCCC(CCC)(OOC(C)(C)CC)OOC(C)(C)CC. The first-order valence-electron chi connectivity index (χ1n) is 8.39. The topological polar surface area (TPSA) is 36.9 Å². The summed E-state index contributed by atoms with van der Waals surface area (Å²) in [5.41, 5.74) is -0.674. The summed E-state index contributed by atoms with van der Waals surface area (Å²) >= 11 is 0. The summed E-state index contributed by atoms with van der Waals surface area (Å²) in [5.74, 6) is -0.831. The molecule has 0 aromatic carbocycles. The predicted molar refractivity (Wildman–Crippen MR) is 85.6 cm³/mol. The monoisotopic (exact) mass is 304 g/mol. The van der Waals surface area contributed by atoms with Gasteiger partial charge in [-0.1, -0.05) is 40.5 Å². The van der Waals surface area contributed by atoms with E-state index in [0.717, 1.165) is 38.5 Å². The van der Waals surface area contributed by atoms with Crippen molar-refractivity contribution in [2.75, 3.05) is 0 Å². The van der Waals surface area contributed by atoms with Gasteiger partial charge in [0.1, 0.15) is 0 Å². The van der Waals surface area contributed by atoms with Gasteiger partial charge in [-0.15, -0.1) is 0 Å². The average Bonchev–Trinajstić information content (AvgIpc) is 2.44. The molecule has 4 heteroatoms. The molecular weight excluding hydrogens is 268 g/mol. The van der Waals surface area contributed by atoms with E-state index in [4.69, 9.17) is 19.6 Å². The Labute approximate surface area is 131 Å². The maximum absolute atomic E-state index is 5.76. The van der Waals surface area contributed by atoms with Crippen molar-refractivity contribution >= 4 is 0 Å². The summed E-state index contributed by atoms with van der Waals surface area (Å²) < 4.78 is 0. The normalized spacial score (nSPS) is 13.7. The van der Waals surface area contributed by atoms with E-state index in [2.05, 4.69) is 27.7 Å². The van der Waals surface area contributed by atoms with Crippen LogP contribution in [0.15, 0.2) is 0 Å². The Kier molecular flexibility index (Phi) is 9.02. The Morgan fingerprint density at radius 1 is 0.571 bits per heavy atom. The summed E-state index contributed by atoms with van der Waals surface area (Å²) in [5, 5.41) is 0. The highest BCUT2D eigenvalue weighted by atomic mass is 17.3. The molecule has 21 heavy (non-hydrogen) atoms. The van der Waals surface area contributed by atoms with E-state index in [-0.39, 0.29) is 11.2 Å². The molecule has 0 N–H and O–H groups in total. The molecule has 0 atom stereocenters. The van der Waals surface area contributed by atoms with Crippen molar-refractivity contribution in [3.8, 4) is 0 Å². The van der Waals surface area contributed by atoms with Crippen LogP contribution in [-0.4, -0.2) is 17.0 Å². The van der Waals surface area contributed by atoms with Crippen molar-refractivity contribution in [1.29, 1.82) is 0 Å². The molecule has 0 aliphatic heterocycles. The fourth-order valence-electron chi connectivity index (χ4n) is 1.56. The maximum Gasteiger partial charge on any atom is 0.234 e. The van der Waals surface area contributed by atoms with Gasteiger partial charge in [-0.2, -0.15) is 9.78 Å². The van der Waals surface area contributed by atoms with E-state index in [1.807, 2.05) is 27.7 Å². The highest BCUT2D eigenvalue weighted by Crippen LogP contribution is 2.31. The van der Waals surface area contributed by atoms with Gasteiger partial charge in [0.25, 0.3) is 0 Å². The van der Waals surface area contributed by atoms with Gasteiger partial charge in [-0.05, 0) is 40.5 Å². The molecule has 4 nitrogen and oxygen atoms in total. The Morgan fingerprint density at radius 2 is 0.905 bits per heavy atom. The van der Waals surface area contributed by atoms with Crippen LogP contribution >= 0.6 is 0 Å². The van der Waals surface area contributed by atoms with Gasteiger partial charge in [0, 0.05) is 12.8 Å². The third-order valence-corrected chi connectivity index (χ3v) is 3.80. The number of hydrogen-bond acceptors (Lipinski definition) is 4. The lowest BCUT2D eigenvalue weighted by molar-refractivity contribution is -0.546. The van der Waals surface area contributed by atoms with E-state index in [9.17, 15) is 0 Å². The Balaban J connectivity index is 4.89. The molecule has 0 saturated heterocycles. The zero-order valence-electron chi connectivity index (χ0n) is 15.4. The summed E-state index contributed by atoms with van der Waals surface area (Å²) in [6, 6.07) is 0. The van der Waals surface area contributed by atoms with E-state index in [0.29, 0.717) is 0 Å². The molecule has 0 heterocycles. The highest BCUT2D eigenvalue weighted by molar-refractivity contribution is 4.69. The molecular formula is C17H36O4. The van der Waals surface area contributed by atoms with Gasteiger partial charge in [-0.3, -0.25) is 0 Å². The average molecular weight is 304 g/mol. The minimum atomic E-state index is -0.831. The van der Waals surface area contributed by atoms with Crippen LogP contribution in [0.5, 0.6) is 0 Å². The van der Waals surface area contributed by atoms with Crippen molar-refractivity contribution in [2.45, 2.75) is 111 Å². The molecule has 0 aliphatic rings. The maximum atomic E-state index is 5.76. The third-order valence-electron chi connectivity index (χ3n) is 3.80. The minimum Gasteiger partial charge on any atom is -0.228 e. The molecule has 128 valence electrons. The lowest BCUT2D eigenvalue weighted by atomic mass is 10.1. The molecule has 0 rings (SSSR count). The Hall–Kier alpha value is -0.160. The fraction of sp³-hybridized carbons (Fsp3) is 1.00. The van der Waals surface area contributed by atoms with E-state index < -0.39 is 5.79 Å². The smallest absolute Gasteiger partial charge is 0.228 e. The van der Waals surface area contributed by atoms with Gasteiger partial charge in [0.05, 0.1) is 11.2 Å². The van der Waals surface area contributed by atoms with Gasteiger partial charge in [-0.25, -0.2) is 9.78 Å². The van der Waals surface area contributed by atoms with Crippen molar-refractivity contribution in [2.24, 2.45) is 0 Å². The summed E-state index contributed by atoms with van der Waals surface area (Å²) in [7, 11) is 0. The zero-order valence-corrected chi connectivity index (χ0v) is 15.4. The largest absolute Gasteiger partial charge is 0.234 e. The number of hydrogen-bond donors (Lipinski definition) is 0. The lowest BCUT2D eigenvalue weighted by Gasteiger charge is -2.36. The standard InChI is InChI=1S/C17H36O4/c1-9-13-17(14-10-2,20-18-15(5,6)11-3)21-19-16(7,8)12-4/h9-14H2,1-8H3. The predicted octanol–water partition coefficient (Wildman–Crippen LogP) is 5.56. The van der Waals surface area contributed by atoms with Crippen molar-refractivity contribution < 1.29 is 19.6 Å². The van der Waals surface area contributed by atoms with Gasteiger partial charge in [0.15, 0.2) is 0 Å². The van der Waals surface area contributed by atoms with Crippen LogP contribution in [0, 0.1) is 0 Å². The van der Waals surface area contributed by atoms with Crippen LogP contribution in [0.4, 0.5) is 0 Å². The van der Waals surface area contributed by atoms with Crippen molar-refractivity contribution in [1.82, 2.24) is 0 Å². The van der Waals surface area contributed by atoms with E-state index >= 15 is 0 Å². The third kappa shape index (κ3) is 8.15. The zero-order chi connectivity index (χ0) is 16.6. The van der Waals surface area contributed by atoms with Crippen molar-refractivity contribution in [3.63, 3.8) is 0 Å². The second-order valence-corrected chi connectivity index (χ2v) is 6.97.